The van der Waals surface area contributed by atoms with Gasteiger partial charge in [0.15, 0.2) is 23.0 Å². The minimum absolute atomic E-state index is 0.0506. The van der Waals surface area contributed by atoms with Gasteiger partial charge in [0.05, 0.1) is 20.3 Å². The molecule has 0 bridgehead atoms. The summed E-state index contributed by atoms with van der Waals surface area (Å²) in [4.78, 5) is 2.09. The van der Waals surface area contributed by atoms with Crippen molar-refractivity contribution in [1.29, 1.82) is 0 Å². The molecule has 0 spiro atoms. The van der Waals surface area contributed by atoms with Crippen LogP contribution in [0.1, 0.15) is 22.7 Å². The molecule has 0 radical (unpaired) electrons. The largest absolute Gasteiger partial charge is 0.504 e. The van der Waals surface area contributed by atoms with E-state index in [0.29, 0.717) is 11.5 Å². The van der Waals surface area contributed by atoms with Crippen LogP contribution in [0.2, 0.25) is 0 Å². The Bertz CT molecular complexity index is 785. The second kappa shape index (κ2) is 6.35. The lowest BCUT2D eigenvalue weighted by atomic mass is 9.91. The van der Waals surface area contributed by atoms with Crippen LogP contribution in [0.15, 0.2) is 36.5 Å². The van der Waals surface area contributed by atoms with Crippen LogP contribution < -0.4 is 9.47 Å². The van der Waals surface area contributed by atoms with E-state index >= 15 is 0 Å². The molecule has 1 aliphatic rings. The lowest BCUT2D eigenvalue weighted by Gasteiger charge is -2.32. The van der Waals surface area contributed by atoms with Gasteiger partial charge in [-0.05, 0) is 59.7 Å². The van der Waals surface area contributed by atoms with Gasteiger partial charge in [0.1, 0.15) is 0 Å². The number of phenolic OH excluding ortho intramolecular Hbond substituents is 2. The molecule has 0 aliphatic carbocycles. The van der Waals surface area contributed by atoms with E-state index in [1.807, 2.05) is 37.5 Å². The van der Waals surface area contributed by atoms with E-state index in [1.54, 1.807) is 26.4 Å². The Labute approximate surface area is 141 Å². The number of hydrogen-bond acceptors (Lipinski definition) is 5. The fraction of sp³-hybridized carbons (Fsp3) is 0.263. The average Bonchev–Trinajstić information content (AvgIpc) is 2.59. The summed E-state index contributed by atoms with van der Waals surface area (Å²) < 4.78 is 10.7. The predicted octanol–water partition coefficient (Wildman–Crippen LogP) is 3.31. The van der Waals surface area contributed by atoms with Gasteiger partial charge in [0.25, 0.3) is 0 Å². The van der Waals surface area contributed by atoms with Gasteiger partial charge in [-0.1, -0.05) is 6.07 Å². The molecular weight excluding hydrogens is 306 g/mol. The van der Waals surface area contributed by atoms with E-state index in [0.717, 1.165) is 23.1 Å². The average molecular weight is 327 g/mol. The van der Waals surface area contributed by atoms with Crippen LogP contribution in [0.5, 0.6) is 23.0 Å². The predicted molar refractivity (Wildman–Crippen MR) is 92.6 cm³/mol. The van der Waals surface area contributed by atoms with Gasteiger partial charge in [0, 0.05) is 7.05 Å². The highest BCUT2D eigenvalue weighted by Crippen LogP contribution is 2.39. The van der Waals surface area contributed by atoms with Gasteiger partial charge < -0.3 is 24.6 Å². The zero-order valence-electron chi connectivity index (χ0n) is 14.0. The first-order valence-electron chi connectivity index (χ1n) is 7.70. The summed E-state index contributed by atoms with van der Waals surface area (Å²) in [6.45, 7) is 0. The maximum absolute atomic E-state index is 9.87. The zero-order valence-corrected chi connectivity index (χ0v) is 14.0. The van der Waals surface area contributed by atoms with E-state index in [2.05, 4.69) is 4.90 Å². The third kappa shape index (κ3) is 2.85. The SMILES string of the molecule is COc1ccc(CC2c3cc(O)c(O)cc3C=CN2C)cc1OC. The number of nitrogens with zero attached hydrogens (tertiary/aromatic N) is 1. The summed E-state index contributed by atoms with van der Waals surface area (Å²) in [5.74, 6) is 1.18. The smallest absolute Gasteiger partial charge is 0.160 e. The lowest BCUT2D eigenvalue weighted by Crippen LogP contribution is -2.24. The molecule has 0 fully saturated rings. The number of fused-ring (bicyclic) bond motifs is 1. The molecule has 126 valence electrons. The molecule has 0 amide bonds. The molecule has 0 saturated carbocycles. The molecule has 1 heterocycles. The van der Waals surface area contributed by atoms with Crippen molar-refractivity contribution < 1.29 is 19.7 Å². The van der Waals surface area contributed by atoms with Crippen molar-refractivity contribution in [2.24, 2.45) is 0 Å². The third-order valence-corrected chi connectivity index (χ3v) is 4.40. The van der Waals surface area contributed by atoms with Crippen molar-refractivity contribution in [3.8, 4) is 23.0 Å². The Morgan fingerprint density at radius 2 is 1.71 bits per heavy atom. The second-order valence-electron chi connectivity index (χ2n) is 5.86. The Balaban J connectivity index is 1.96. The summed E-state index contributed by atoms with van der Waals surface area (Å²) in [6, 6.07) is 9.14. The minimum Gasteiger partial charge on any atom is -0.504 e. The van der Waals surface area contributed by atoms with Crippen LogP contribution in [0.3, 0.4) is 0 Å². The Morgan fingerprint density at radius 3 is 2.42 bits per heavy atom. The lowest BCUT2D eigenvalue weighted by molar-refractivity contribution is 0.326. The van der Waals surface area contributed by atoms with Gasteiger partial charge in [-0.15, -0.1) is 0 Å². The van der Waals surface area contributed by atoms with Gasteiger partial charge in [-0.25, -0.2) is 0 Å². The fourth-order valence-electron chi connectivity index (χ4n) is 3.05. The van der Waals surface area contributed by atoms with E-state index in [4.69, 9.17) is 9.47 Å². The Hall–Kier alpha value is -2.82. The van der Waals surface area contributed by atoms with Crippen LogP contribution in [0, 0.1) is 0 Å². The standard InChI is InChI=1S/C19H21NO4/c1-20-7-6-13-10-16(21)17(22)11-14(13)15(20)8-12-4-5-18(23-2)19(9-12)24-3/h4-7,9-11,15,21-22H,8H2,1-3H3. The van der Waals surface area contributed by atoms with Crippen LogP contribution in [0.25, 0.3) is 6.08 Å². The number of likely N-dealkylation sites (N-methyl/N-ethyl adjacent to an activating group) is 1. The molecule has 2 aromatic carbocycles. The maximum Gasteiger partial charge on any atom is 0.160 e. The molecule has 2 aromatic rings. The van der Waals surface area contributed by atoms with E-state index in [9.17, 15) is 10.2 Å². The molecule has 1 atom stereocenters. The highest BCUT2D eigenvalue weighted by Gasteiger charge is 2.23. The Morgan fingerprint density at radius 1 is 1.00 bits per heavy atom. The number of benzene rings is 2. The summed E-state index contributed by atoms with van der Waals surface area (Å²) in [7, 11) is 5.23. The molecule has 2 N–H and O–H groups in total. The number of ether oxygens (including phenoxy) is 2. The molecule has 5 nitrogen and oxygen atoms in total. The van der Waals surface area contributed by atoms with Crippen molar-refractivity contribution in [3.63, 3.8) is 0 Å². The number of hydrogen-bond donors (Lipinski definition) is 2. The second-order valence-corrected chi connectivity index (χ2v) is 5.86. The van der Waals surface area contributed by atoms with E-state index in [1.165, 1.54) is 0 Å². The zero-order chi connectivity index (χ0) is 17.3. The monoisotopic (exact) mass is 327 g/mol. The van der Waals surface area contributed by atoms with Crippen molar-refractivity contribution in [1.82, 2.24) is 4.90 Å². The van der Waals surface area contributed by atoms with Crippen LogP contribution in [-0.4, -0.2) is 36.4 Å². The molecule has 3 rings (SSSR count). The Kier molecular flexibility index (Phi) is 4.25. The van der Waals surface area contributed by atoms with E-state index in [-0.39, 0.29) is 17.5 Å². The van der Waals surface area contributed by atoms with Crippen molar-refractivity contribution >= 4 is 6.08 Å². The quantitative estimate of drug-likeness (QED) is 0.844. The van der Waals surface area contributed by atoms with Crippen molar-refractivity contribution in [2.75, 3.05) is 21.3 Å². The summed E-state index contributed by atoms with van der Waals surface area (Å²) >= 11 is 0. The van der Waals surface area contributed by atoms with E-state index < -0.39 is 0 Å². The van der Waals surface area contributed by atoms with Crippen molar-refractivity contribution in [2.45, 2.75) is 12.5 Å². The number of aromatic hydroxyl groups is 2. The third-order valence-electron chi connectivity index (χ3n) is 4.40. The fourth-order valence-corrected chi connectivity index (χ4v) is 3.05. The first-order valence-corrected chi connectivity index (χ1v) is 7.70. The number of methoxy groups -OCH3 is 2. The number of phenols is 2. The van der Waals surface area contributed by atoms with Crippen LogP contribution in [-0.2, 0) is 6.42 Å². The minimum atomic E-state index is -0.104. The van der Waals surface area contributed by atoms with Gasteiger partial charge >= 0.3 is 0 Å². The summed E-state index contributed by atoms with van der Waals surface area (Å²) in [5.41, 5.74) is 2.98. The molecule has 1 aliphatic heterocycles. The molecular formula is C19H21NO4. The number of rotatable bonds is 4. The van der Waals surface area contributed by atoms with Crippen molar-refractivity contribution in [3.05, 3.63) is 53.2 Å². The molecule has 0 saturated heterocycles. The normalized spacial score (nSPS) is 16.0. The molecule has 5 heteroatoms. The highest BCUT2D eigenvalue weighted by molar-refractivity contribution is 5.62. The highest BCUT2D eigenvalue weighted by atomic mass is 16.5. The molecule has 24 heavy (non-hydrogen) atoms. The first kappa shape index (κ1) is 16.1. The van der Waals surface area contributed by atoms with Gasteiger partial charge in [-0.2, -0.15) is 0 Å². The summed E-state index contributed by atoms with van der Waals surface area (Å²) in [6.07, 6.45) is 4.64. The molecule has 1 unspecified atom stereocenters. The summed E-state index contributed by atoms with van der Waals surface area (Å²) in [5, 5.41) is 19.6. The first-order chi connectivity index (χ1) is 11.5. The van der Waals surface area contributed by atoms with Crippen LogP contribution >= 0.6 is 0 Å². The topological polar surface area (TPSA) is 62.2 Å². The van der Waals surface area contributed by atoms with Gasteiger partial charge in [-0.3, -0.25) is 0 Å². The van der Waals surface area contributed by atoms with Gasteiger partial charge in [0.2, 0.25) is 0 Å². The van der Waals surface area contributed by atoms with Crippen LogP contribution in [0.4, 0.5) is 0 Å². The maximum atomic E-state index is 9.87. The molecule has 0 aromatic heterocycles.